The molecule has 174 valence electrons. The SMILES string of the molecule is Cn1ccc2c(C(OCC(=O)O)(c3nc4ccc(C#N)cc4[nH]3)C(F)(F)F)c(C3CC3)ccc21. The van der Waals surface area contributed by atoms with E-state index in [1.54, 1.807) is 36.0 Å². The van der Waals surface area contributed by atoms with Gasteiger partial charge in [0.05, 0.1) is 22.7 Å². The third-order valence-corrected chi connectivity index (χ3v) is 6.22. The molecule has 2 aromatic heterocycles. The summed E-state index contributed by atoms with van der Waals surface area (Å²) >= 11 is 0. The van der Waals surface area contributed by atoms with Gasteiger partial charge in [-0.2, -0.15) is 18.4 Å². The molecule has 2 N–H and O–H groups in total. The topological polar surface area (TPSA) is 104 Å². The van der Waals surface area contributed by atoms with Gasteiger partial charge in [-0.1, -0.05) is 6.07 Å². The van der Waals surface area contributed by atoms with Crippen LogP contribution in [-0.2, 0) is 22.2 Å². The number of hydrogen-bond donors (Lipinski definition) is 2. The molecule has 1 aliphatic carbocycles. The van der Waals surface area contributed by atoms with Crippen molar-refractivity contribution in [3.8, 4) is 6.07 Å². The van der Waals surface area contributed by atoms with E-state index in [4.69, 9.17) is 4.74 Å². The standard InChI is InChI=1S/C24H19F3N4O3/c1-31-9-8-16-19(31)7-5-15(14-3-4-14)21(16)23(24(25,26)27,34-12-20(32)33)22-29-17-6-2-13(11-28)10-18(17)30-22/h2,5-10,14H,3-4,12H2,1H3,(H,29,30)(H,32,33). The third-order valence-electron chi connectivity index (χ3n) is 6.22. The van der Waals surface area contributed by atoms with Crippen LogP contribution in [0.3, 0.4) is 0 Å². The molecule has 1 atom stereocenters. The molecule has 0 aliphatic heterocycles. The summed E-state index contributed by atoms with van der Waals surface area (Å²) in [6, 6.07) is 11.2. The highest BCUT2D eigenvalue weighted by molar-refractivity contribution is 5.87. The molecule has 1 unspecified atom stereocenters. The van der Waals surface area contributed by atoms with Crippen molar-refractivity contribution in [3.63, 3.8) is 0 Å². The molecule has 34 heavy (non-hydrogen) atoms. The Balaban J connectivity index is 1.89. The summed E-state index contributed by atoms with van der Waals surface area (Å²) in [5.41, 5.74) is -1.65. The molecule has 0 spiro atoms. The van der Waals surface area contributed by atoms with Gasteiger partial charge in [-0.15, -0.1) is 0 Å². The number of ether oxygens (including phenoxy) is 1. The average Bonchev–Trinajstić information content (AvgIpc) is 3.44. The third kappa shape index (κ3) is 3.31. The largest absolute Gasteiger partial charge is 0.480 e. The maximum atomic E-state index is 15.2. The van der Waals surface area contributed by atoms with E-state index < -0.39 is 30.2 Å². The lowest BCUT2D eigenvalue weighted by Crippen LogP contribution is -2.48. The van der Waals surface area contributed by atoms with E-state index in [2.05, 4.69) is 9.97 Å². The maximum Gasteiger partial charge on any atom is 0.429 e. The molecule has 2 heterocycles. The second kappa shape index (κ2) is 7.60. The van der Waals surface area contributed by atoms with E-state index in [9.17, 15) is 15.2 Å². The van der Waals surface area contributed by atoms with Crippen LogP contribution in [0.1, 0.15) is 41.3 Å². The molecular formula is C24H19F3N4O3. The number of alkyl halides is 3. The predicted molar refractivity (Wildman–Crippen MR) is 116 cm³/mol. The first-order valence-corrected chi connectivity index (χ1v) is 10.6. The van der Waals surface area contributed by atoms with Crippen molar-refractivity contribution in [1.29, 1.82) is 5.26 Å². The summed E-state index contributed by atoms with van der Waals surface area (Å²) in [5.74, 6) is -2.21. The molecule has 0 amide bonds. The Bertz CT molecular complexity index is 1480. The zero-order chi connectivity index (χ0) is 24.3. The molecule has 5 rings (SSSR count). The first-order valence-electron chi connectivity index (χ1n) is 10.6. The summed E-state index contributed by atoms with van der Waals surface area (Å²) in [6.45, 7) is -1.19. The van der Waals surface area contributed by atoms with Gasteiger partial charge in [-0.25, -0.2) is 9.78 Å². The summed E-state index contributed by atoms with van der Waals surface area (Å²) in [7, 11) is 1.72. The van der Waals surface area contributed by atoms with Crippen LogP contribution in [0.2, 0.25) is 0 Å². The molecule has 1 aliphatic rings. The molecular weight excluding hydrogens is 449 g/mol. The lowest BCUT2D eigenvalue weighted by atomic mass is 9.83. The Morgan fingerprint density at radius 1 is 1.29 bits per heavy atom. The Morgan fingerprint density at radius 2 is 2.06 bits per heavy atom. The molecule has 1 fully saturated rings. The number of fused-ring (bicyclic) bond motifs is 2. The number of aromatic amines is 1. The number of nitriles is 1. The van der Waals surface area contributed by atoms with Gasteiger partial charge in [0.25, 0.3) is 0 Å². The van der Waals surface area contributed by atoms with Crippen molar-refractivity contribution < 1.29 is 27.8 Å². The average molecular weight is 468 g/mol. The van der Waals surface area contributed by atoms with Crippen LogP contribution >= 0.6 is 0 Å². The number of aryl methyl sites for hydroxylation is 1. The number of carboxylic acid groups (broad SMARTS) is 1. The number of nitrogens with zero attached hydrogens (tertiary/aromatic N) is 3. The predicted octanol–water partition coefficient (Wildman–Crippen LogP) is 4.71. The molecule has 0 radical (unpaired) electrons. The summed E-state index contributed by atoms with van der Waals surface area (Å²) in [4.78, 5) is 18.3. The normalized spacial score (nSPS) is 16.0. The van der Waals surface area contributed by atoms with Gasteiger partial charge in [-0.05, 0) is 54.7 Å². The van der Waals surface area contributed by atoms with Crippen LogP contribution in [0.25, 0.3) is 21.9 Å². The van der Waals surface area contributed by atoms with Gasteiger partial charge in [0, 0.05) is 29.7 Å². The number of H-pyrrole nitrogens is 1. The minimum atomic E-state index is -5.07. The van der Waals surface area contributed by atoms with Gasteiger partial charge >= 0.3 is 12.1 Å². The highest BCUT2D eigenvalue weighted by Crippen LogP contribution is 2.54. The van der Waals surface area contributed by atoms with Gasteiger partial charge in [-0.3, -0.25) is 0 Å². The number of nitrogens with one attached hydrogen (secondary N) is 1. The summed E-state index contributed by atoms with van der Waals surface area (Å²) in [5, 5.41) is 18.8. The van der Waals surface area contributed by atoms with Crippen molar-refractivity contribution in [2.24, 2.45) is 7.05 Å². The molecule has 0 bridgehead atoms. The number of halogens is 3. The van der Waals surface area contributed by atoms with Crippen LogP contribution in [-0.4, -0.2) is 38.4 Å². The smallest absolute Gasteiger partial charge is 0.429 e. The number of rotatable bonds is 6. The van der Waals surface area contributed by atoms with Gasteiger partial charge < -0.3 is 19.4 Å². The van der Waals surface area contributed by atoms with Gasteiger partial charge in [0.1, 0.15) is 6.61 Å². The number of hydrogen-bond acceptors (Lipinski definition) is 4. The zero-order valence-corrected chi connectivity index (χ0v) is 18.0. The van der Waals surface area contributed by atoms with Crippen molar-refractivity contribution >= 4 is 27.9 Å². The first-order chi connectivity index (χ1) is 16.2. The molecule has 1 saturated carbocycles. The summed E-state index contributed by atoms with van der Waals surface area (Å²) < 4.78 is 52.8. The van der Waals surface area contributed by atoms with E-state index >= 15 is 13.2 Å². The van der Waals surface area contributed by atoms with Crippen LogP contribution in [0.5, 0.6) is 0 Å². The lowest BCUT2D eigenvalue weighted by Gasteiger charge is -2.36. The lowest BCUT2D eigenvalue weighted by molar-refractivity contribution is -0.268. The number of carbonyl (C=O) groups is 1. The van der Waals surface area contributed by atoms with Crippen molar-refractivity contribution in [2.45, 2.75) is 30.5 Å². The quantitative estimate of drug-likeness (QED) is 0.427. The van der Waals surface area contributed by atoms with Crippen LogP contribution in [0, 0.1) is 11.3 Å². The molecule has 10 heteroatoms. The van der Waals surface area contributed by atoms with Crippen molar-refractivity contribution in [2.75, 3.05) is 6.61 Å². The molecule has 7 nitrogen and oxygen atoms in total. The van der Waals surface area contributed by atoms with Crippen molar-refractivity contribution in [3.05, 3.63) is 65.1 Å². The number of imidazole rings is 1. The Labute approximate surface area is 191 Å². The minimum Gasteiger partial charge on any atom is -0.480 e. The van der Waals surface area contributed by atoms with E-state index in [1.807, 2.05) is 6.07 Å². The fraction of sp³-hybridized carbons (Fsp3) is 0.292. The second-order valence-electron chi connectivity index (χ2n) is 8.45. The Hall–Kier alpha value is -3.84. The fourth-order valence-corrected chi connectivity index (χ4v) is 4.53. The summed E-state index contributed by atoms with van der Waals surface area (Å²) in [6.07, 6.45) is -1.96. The van der Waals surface area contributed by atoms with E-state index in [-0.39, 0.29) is 28.1 Å². The Kier molecular flexibility index (Phi) is 4.91. The minimum absolute atomic E-state index is 0.0932. The van der Waals surface area contributed by atoms with Crippen LogP contribution < -0.4 is 0 Å². The number of aromatic nitrogens is 3. The van der Waals surface area contributed by atoms with Crippen LogP contribution in [0.15, 0.2) is 42.6 Å². The molecule has 4 aromatic rings. The van der Waals surface area contributed by atoms with Crippen LogP contribution in [0.4, 0.5) is 13.2 Å². The number of aliphatic carboxylic acids is 1. The monoisotopic (exact) mass is 468 g/mol. The number of carboxylic acids is 1. The number of benzene rings is 2. The van der Waals surface area contributed by atoms with E-state index in [0.29, 0.717) is 16.5 Å². The maximum absolute atomic E-state index is 15.2. The molecule has 0 saturated heterocycles. The second-order valence-corrected chi connectivity index (χ2v) is 8.45. The fourth-order valence-electron chi connectivity index (χ4n) is 4.53. The van der Waals surface area contributed by atoms with Gasteiger partial charge in [0.2, 0.25) is 5.60 Å². The highest BCUT2D eigenvalue weighted by atomic mass is 19.4. The first kappa shape index (κ1) is 22.0. The molecule has 2 aromatic carbocycles. The van der Waals surface area contributed by atoms with Crippen molar-refractivity contribution in [1.82, 2.24) is 14.5 Å². The van der Waals surface area contributed by atoms with E-state index in [1.165, 1.54) is 18.2 Å². The zero-order valence-electron chi connectivity index (χ0n) is 18.0. The van der Waals surface area contributed by atoms with E-state index in [0.717, 1.165) is 12.8 Å². The highest BCUT2D eigenvalue weighted by Gasteiger charge is 2.63. The Morgan fingerprint density at radius 3 is 2.71 bits per heavy atom. The van der Waals surface area contributed by atoms with Gasteiger partial charge in [0.15, 0.2) is 5.82 Å².